The van der Waals surface area contributed by atoms with Crippen LogP contribution in [0.3, 0.4) is 0 Å². The molecule has 5 heterocycles. The highest BCUT2D eigenvalue weighted by atomic mass is 16.5. The van der Waals surface area contributed by atoms with Crippen LogP contribution in [0.2, 0.25) is 0 Å². The van der Waals surface area contributed by atoms with Crippen LogP contribution in [0.25, 0.3) is 10.8 Å². The number of fused-ring (bicyclic) bond motifs is 3. The predicted octanol–water partition coefficient (Wildman–Crippen LogP) is 3.03. The molecule has 8 heteroatoms. The molecule has 1 aromatic heterocycles. The van der Waals surface area contributed by atoms with Crippen molar-refractivity contribution < 1.29 is 9.84 Å². The highest BCUT2D eigenvalue weighted by Gasteiger charge is 2.45. The van der Waals surface area contributed by atoms with Crippen molar-refractivity contribution in [3.63, 3.8) is 0 Å². The number of hydrogen-bond donors (Lipinski definition) is 2. The van der Waals surface area contributed by atoms with Gasteiger partial charge in [-0.3, -0.25) is 4.90 Å². The molecule has 7 rings (SSSR count). The maximum Gasteiger partial charge on any atom is 0.318 e. The molecule has 8 nitrogen and oxygen atoms in total. The van der Waals surface area contributed by atoms with Crippen molar-refractivity contribution in [2.45, 2.75) is 50.2 Å². The van der Waals surface area contributed by atoms with E-state index in [0.29, 0.717) is 19.2 Å². The fraction of sp³-hybridized carbons (Fsp3) is 0.467. The SMILES string of the molecule is C#Cc1cccc2cc(O)cc(N3CCc4c(nc(OCC56CCCN5CCC6)nc4N4CC(N)C4)C3)c12. The van der Waals surface area contributed by atoms with E-state index in [0.717, 1.165) is 72.7 Å². The summed E-state index contributed by atoms with van der Waals surface area (Å²) in [5, 5.41) is 12.4. The third-order valence-electron chi connectivity index (χ3n) is 8.95. The van der Waals surface area contributed by atoms with E-state index in [1.165, 1.54) is 31.2 Å². The van der Waals surface area contributed by atoms with E-state index in [-0.39, 0.29) is 17.3 Å². The minimum absolute atomic E-state index is 0.136. The van der Waals surface area contributed by atoms with Crippen LogP contribution >= 0.6 is 0 Å². The molecule has 0 spiro atoms. The van der Waals surface area contributed by atoms with Gasteiger partial charge in [-0.05, 0) is 62.7 Å². The molecule has 3 N–H and O–H groups in total. The second-order valence-corrected chi connectivity index (χ2v) is 11.3. The predicted molar refractivity (Wildman–Crippen MR) is 149 cm³/mol. The van der Waals surface area contributed by atoms with Crippen LogP contribution in [-0.4, -0.2) is 70.9 Å². The lowest BCUT2D eigenvalue weighted by atomic mass is 9.95. The summed E-state index contributed by atoms with van der Waals surface area (Å²) in [5.74, 6) is 4.02. The van der Waals surface area contributed by atoms with Gasteiger partial charge in [0.1, 0.15) is 18.2 Å². The number of phenols is 1. The summed E-state index contributed by atoms with van der Waals surface area (Å²) in [6.45, 7) is 5.93. The van der Waals surface area contributed by atoms with Gasteiger partial charge in [-0.25, -0.2) is 0 Å². The number of terminal acetylenes is 1. The molecule has 0 radical (unpaired) electrons. The second kappa shape index (κ2) is 9.04. The Morgan fingerprint density at radius 2 is 1.92 bits per heavy atom. The Morgan fingerprint density at radius 1 is 1.11 bits per heavy atom. The average molecular weight is 511 g/mol. The minimum Gasteiger partial charge on any atom is -0.508 e. The number of rotatable bonds is 5. The van der Waals surface area contributed by atoms with Gasteiger partial charge in [0, 0.05) is 53.9 Å². The Labute approximate surface area is 223 Å². The zero-order valence-electron chi connectivity index (χ0n) is 21.7. The third-order valence-corrected chi connectivity index (χ3v) is 8.95. The van der Waals surface area contributed by atoms with Crippen LogP contribution in [0, 0.1) is 12.3 Å². The molecule has 2 aromatic carbocycles. The van der Waals surface area contributed by atoms with Crippen molar-refractivity contribution in [3.8, 4) is 24.1 Å². The quantitative estimate of drug-likeness (QED) is 0.507. The Bertz CT molecular complexity index is 1430. The largest absolute Gasteiger partial charge is 0.508 e. The van der Waals surface area contributed by atoms with Crippen LogP contribution in [0.4, 0.5) is 11.5 Å². The molecule has 0 unspecified atom stereocenters. The fourth-order valence-electron chi connectivity index (χ4n) is 7.02. The first-order valence-electron chi connectivity index (χ1n) is 13.8. The third kappa shape index (κ3) is 3.84. The van der Waals surface area contributed by atoms with Crippen LogP contribution in [-0.2, 0) is 13.0 Å². The molecule has 0 bridgehead atoms. The number of ether oxygens (including phenoxy) is 1. The summed E-state index contributed by atoms with van der Waals surface area (Å²) in [4.78, 5) is 17.0. The van der Waals surface area contributed by atoms with Gasteiger partial charge in [0.15, 0.2) is 0 Å². The van der Waals surface area contributed by atoms with E-state index in [9.17, 15) is 5.11 Å². The van der Waals surface area contributed by atoms with Gasteiger partial charge in [-0.2, -0.15) is 9.97 Å². The Kier molecular flexibility index (Phi) is 5.60. The summed E-state index contributed by atoms with van der Waals surface area (Å²) >= 11 is 0. The molecular formula is C30H34N6O2. The Hall–Kier alpha value is -3.54. The van der Waals surface area contributed by atoms with Crippen molar-refractivity contribution >= 4 is 22.3 Å². The standard InChI is InChI=1S/C30H34N6O2/c1-2-20-6-3-7-21-14-23(37)15-26(27(20)21)34-13-8-24-25(18-34)32-29(33-28(24)35-16-22(31)17-35)38-19-30-9-4-11-36(30)12-5-10-30/h1,3,6-7,14-15,22,37H,4-5,8-13,16-19,31H2. The summed E-state index contributed by atoms with van der Waals surface area (Å²) in [7, 11) is 0. The second-order valence-electron chi connectivity index (χ2n) is 11.3. The van der Waals surface area contributed by atoms with Gasteiger partial charge < -0.3 is 25.4 Å². The Morgan fingerprint density at radius 3 is 2.68 bits per heavy atom. The zero-order valence-corrected chi connectivity index (χ0v) is 21.7. The number of nitrogens with zero attached hydrogens (tertiary/aromatic N) is 5. The van der Waals surface area contributed by atoms with Gasteiger partial charge in [-0.15, -0.1) is 6.42 Å². The highest BCUT2D eigenvalue weighted by Crippen LogP contribution is 2.40. The first-order chi connectivity index (χ1) is 18.5. The number of aromatic hydroxyl groups is 1. The van der Waals surface area contributed by atoms with E-state index in [4.69, 9.17) is 26.9 Å². The van der Waals surface area contributed by atoms with Crippen LogP contribution in [0.5, 0.6) is 11.8 Å². The summed E-state index contributed by atoms with van der Waals surface area (Å²) < 4.78 is 6.41. The van der Waals surface area contributed by atoms with Gasteiger partial charge in [0.25, 0.3) is 0 Å². The fourth-order valence-corrected chi connectivity index (χ4v) is 7.02. The van der Waals surface area contributed by atoms with E-state index in [2.05, 4.69) is 20.6 Å². The molecule has 0 amide bonds. The summed E-state index contributed by atoms with van der Waals surface area (Å²) in [6, 6.07) is 10.1. The van der Waals surface area contributed by atoms with Crippen LogP contribution in [0.1, 0.15) is 42.5 Å². The molecule has 3 aromatic rings. The lowest BCUT2D eigenvalue weighted by Crippen LogP contribution is -2.56. The number of phenolic OH excluding ortho intramolecular Hbond substituents is 1. The summed E-state index contributed by atoms with van der Waals surface area (Å²) in [6.07, 6.45) is 11.5. The molecule has 0 aliphatic carbocycles. The monoisotopic (exact) mass is 510 g/mol. The maximum atomic E-state index is 10.5. The molecule has 0 saturated carbocycles. The minimum atomic E-state index is 0.136. The van der Waals surface area contributed by atoms with Gasteiger partial charge in [-0.1, -0.05) is 18.1 Å². The number of anilines is 2. The highest BCUT2D eigenvalue weighted by molar-refractivity contribution is 6.00. The van der Waals surface area contributed by atoms with E-state index in [1.807, 2.05) is 24.3 Å². The smallest absolute Gasteiger partial charge is 0.318 e. The first kappa shape index (κ1) is 23.6. The lowest BCUT2D eigenvalue weighted by Gasteiger charge is -2.41. The average Bonchev–Trinajstić information content (AvgIpc) is 3.49. The number of hydrogen-bond acceptors (Lipinski definition) is 8. The first-order valence-corrected chi connectivity index (χ1v) is 13.8. The molecule has 4 aliphatic rings. The van der Waals surface area contributed by atoms with Crippen LogP contribution in [0.15, 0.2) is 30.3 Å². The van der Waals surface area contributed by atoms with Crippen molar-refractivity contribution in [1.82, 2.24) is 14.9 Å². The Balaban J connectivity index is 1.24. The molecule has 3 fully saturated rings. The van der Waals surface area contributed by atoms with Gasteiger partial charge in [0.05, 0.1) is 17.8 Å². The molecule has 38 heavy (non-hydrogen) atoms. The van der Waals surface area contributed by atoms with Crippen molar-refractivity contribution in [1.29, 1.82) is 0 Å². The zero-order chi connectivity index (χ0) is 25.9. The normalized spacial score (nSPS) is 20.7. The molecule has 4 aliphatic heterocycles. The molecule has 0 atom stereocenters. The number of nitrogens with two attached hydrogens (primary N) is 1. The number of benzene rings is 2. The van der Waals surface area contributed by atoms with E-state index < -0.39 is 0 Å². The molecule has 3 saturated heterocycles. The molecular weight excluding hydrogens is 476 g/mol. The van der Waals surface area contributed by atoms with Crippen LogP contribution < -0.4 is 20.3 Å². The van der Waals surface area contributed by atoms with Crippen molar-refractivity contribution in [2.24, 2.45) is 5.73 Å². The van der Waals surface area contributed by atoms with Crippen molar-refractivity contribution in [3.05, 3.63) is 47.2 Å². The maximum absolute atomic E-state index is 10.5. The molecule has 196 valence electrons. The van der Waals surface area contributed by atoms with Gasteiger partial charge in [0.2, 0.25) is 0 Å². The lowest BCUT2D eigenvalue weighted by molar-refractivity contribution is 0.107. The van der Waals surface area contributed by atoms with Gasteiger partial charge >= 0.3 is 6.01 Å². The summed E-state index contributed by atoms with van der Waals surface area (Å²) in [5.41, 5.74) is 10.2. The van der Waals surface area contributed by atoms with E-state index in [1.54, 1.807) is 6.07 Å². The number of aromatic nitrogens is 2. The van der Waals surface area contributed by atoms with E-state index >= 15 is 0 Å². The topological polar surface area (TPSA) is 91.0 Å². The van der Waals surface area contributed by atoms with Crippen molar-refractivity contribution in [2.75, 3.05) is 49.1 Å².